The van der Waals surface area contributed by atoms with Crippen LogP contribution in [0.1, 0.15) is 25.3 Å². The first kappa shape index (κ1) is 18.4. The lowest BCUT2D eigenvalue weighted by atomic mass is 9.90. The number of nitrogens with zero attached hydrogens (tertiary/aromatic N) is 1. The fourth-order valence-electron chi connectivity index (χ4n) is 4.01. The third kappa shape index (κ3) is 3.42. The summed E-state index contributed by atoms with van der Waals surface area (Å²) in [6, 6.07) is 28.9. The first-order valence-electron chi connectivity index (χ1n) is 10.4. The van der Waals surface area contributed by atoms with Crippen LogP contribution >= 0.6 is 0 Å². The van der Waals surface area contributed by atoms with Gasteiger partial charge in [-0.25, -0.2) is 4.98 Å². The minimum Gasteiger partial charge on any atom is -0.435 e. The molecule has 2 nitrogen and oxygen atoms in total. The average molecular weight is 389 g/mol. The van der Waals surface area contributed by atoms with Crippen molar-refractivity contribution in [2.45, 2.75) is 19.8 Å². The second kappa shape index (κ2) is 8.00. The zero-order valence-electron chi connectivity index (χ0n) is 17.0. The maximum Gasteiger partial charge on any atom is 0.227 e. The molecule has 0 unspecified atom stereocenters. The molecule has 1 aliphatic carbocycles. The summed E-state index contributed by atoms with van der Waals surface area (Å²) < 4.78 is 6.45. The average Bonchev–Trinajstić information content (AvgIpc) is 3.26. The van der Waals surface area contributed by atoms with Crippen LogP contribution in [0.15, 0.2) is 107 Å². The highest BCUT2D eigenvalue weighted by molar-refractivity contribution is 5.87. The summed E-state index contributed by atoms with van der Waals surface area (Å²) in [4.78, 5) is 4.99. The molecule has 3 aromatic carbocycles. The molecule has 0 saturated heterocycles. The Balaban J connectivity index is 1.71. The lowest BCUT2D eigenvalue weighted by Crippen LogP contribution is -1.94. The van der Waals surface area contributed by atoms with E-state index in [1.54, 1.807) is 0 Å². The summed E-state index contributed by atoms with van der Waals surface area (Å²) in [5, 5.41) is 0. The van der Waals surface area contributed by atoms with Crippen LogP contribution in [0.4, 0.5) is 0 Å². The summed E-state index contributed by atoms with van der Waals surface area (Å²) in [7, 11) is 0. The largest absolute Gasteiger partial charge is 0.435 e. The van der Waals surface area contributed by atoms with Crippen molar-refractivity contribution in [3.8, 4) is 34.0 Å². The molecule has 0 fully saturated rings. The van der Waals surface area contributed by atoms with Crippen molar-refractivity contribution in [1.29, 1.82) is 0 Å². The summed E-state index contributed by atoms with van der Waals surface area (Å²) in [6.45, 7) is 2.22. The number of rotatable bonds is 4. The van der Waals surface area contributed by atoms with Crippen LogP contribution in [0, 0.1) is 0 Å². The van der Waals surface area contributed by atoms with Crippen molar-refractivity contribution in [1.82, 2.24) is 4.98 Å². The monoisotopic (exact) mass is 389 g/mol. The van der Waals surface area contributed by atoms with E-state index in [0.29, 0.717) is 5.89 Å². The molecule has 4 aromatic rings. The van der Waals surface area contributed by atoms with Gasteiger partial charge in [-0.2, -0.15) is 0 Å². The molecule has 0 aliphatic heterocycles. The van der Waals surface area contributed by atoms with Crippen molar-refractivity contribution in [3.63, 3.8) is 0 Å². The van der Waals surface area contributed by atoms with Crippen molar-refractivity contribution in [3.05, 3.63) is 108 Å². The van der Waals surface area contributed by atoms with Crippen LogP contribution in [-0.4, -0.2) is 4.98 Å². The highest BCUT2D eigenvalue weighted by Gasteiger charge is 2.21. The van der Waals surface area contributed by atoms with Crippen LogP contribution in [0.5, 0.6) is 0 Å². The van der Waals surface area contributed by atoms with Gasteiger partial charge < -0.3 is 4.42 Å². The molecule has 0 N–H and O–H groups in total. The molecule has 2 heteroatoms. The number of hydrogen-bond donors (Lipinski definition) is 0. The minimum absolute atomic E-state index is 0.655. The third-order valence-electron chi connectivity index (χ3n) is 5.59. The number of aromatic nitrogens is 1. The van der Waals surface area contributed by atoms with E-state index in [0.717, 1.165) is 41.0 Å². The van der Waals surface area contributed by atoms with Gasteiger partial charge in [-0.1, -0.05) is 96.6 Å². The molecule has 0 saturated carbocycles. The molecule has 0 atom stereocenters. The molecule has 146 valence electrons. The van der Waals surface area contributed by atoms with Gasteiger partial charge in [0, 0.05) is 16.7 Å². The first-order valence-corrected chi connectivity index (χ1v) is 10.4. The molecule has 1 heterocycles. The molecular weight excluding hydrogens is 366 g/mol. The summed E-state index contributed by atoms with van der Waals surface area (Å²) in [5.41, 5.74) is 7.83. The SMILES string of the molecule is CC1=C(c2ccccc2-c2nc(-c3ccccc3)c(-c3ccccc3)o2)C=CCC1. The highest BCUT2D eigenvalue weighted by Crippen LogP contribution is 2.39. The maximum absolute atomic E-state index is 6.45. The lowest BCUT2D eigenvalue weighted by Gasteiger charge is -2.15. The van der Waals surface area contributed by atoms with E-state index in [2.05, 4.69) is 67.6 Å². The summed E-state index contributed by atoms with van der Waals surface area (Å²) in [5.74, 6) is 1.46. The van der Waals surface area contributed by atoms with Gasteiger partial charge in [0.2, 0.25) is 5.89 Å². The Morgan fingerprint density at radius 2 is 1.37 bits per heavy atom. The van der Waals surface area contributed by atoms with Gasteiger partial charge in [-0.15, -0.1) is 0 Å². The van der Waals surface area contributed by atoms with Crippen molar-refractivity contribution in [2.24, 2.45) is 0 Å². The topological polar surface area (TPSA) is 26.0 Å². The van der Waals surface area contributed by atoms with Crippen molar-refractivity contribution < 1.29 is 4.42 Å². The molecule has 0 radical (unpaired) electrons. The Morgan fingerprint density at radius 1 is 0.733 bits per heavy atom. The van der Waals surface area contributed by atoms with Crippen LogP contribution in [-0.2, 0) is 0 Å². The molecule has 30 heavy (non-hydrogen) atoms. The van der Waals surface area contributed by atoms with Gasteiger partial charge in [-0.3, -0.25) is 0 Å². The standard InChI is InChI=1S/C28H23NO/c1-20-12-8-9-17-23(20)24-18-10-11-19-25(24)28-29-26(21-13-4-2-5-14-21)27(30-28)22-15-6-3-7-16-22/h2-7,9-11,13-19H,8,12H2,1H3. The number of hydrogen-bond acceptors (Lipinski definition) is 2. The van der Waals surface area contributed by atoms with E-state index in [1.165, 1.54) is 16.7 Å². The highest BCUT2D eigenvalue weighted by atomic mass is 16.4. The van der Waals surface area contributed by atoms with Gasteiger partial charge in [0.1, 0.15) is 5.69 Å². The minimum atomic E-state index is 0.655. The zero-order valence-corrected chi connectivity index (χ0v) is 17.0. The first-order chi connectivity index (χ1) is 14.8. The molecule has 0 amide bonds. The smallest absolute Gasteiger partial charge is 0.227 e. The van der Waals surface area contributed by atoms with E-state index in [1.807, 2.05) is 36.4 Å². The molecule has 5 rings (SSSR count). The molecule has 0 bridgehead atoms. The van der Waals surface area contributed by atoms with Gasteiger partial charge in [0.25, 0.3) is 0 Å². The second-order valence-electron chi connectivity index (χ2n) is 7.61. The van der Waals surface area contributed by atoms with Crippen LogP contribution < -0.4 is 0 Å². The fraction of sp³-hybridized carbons (Fsp3) is 0.107. The van der Waals surface area contributed by atoms with Gasteiger partial charge in [-0.05, 0) is 37.0 Å². The predicted molar refractivity (Wildman–Crippen MR) is 124 cm³/mol. The Hall–Kier alpha value is -3.65. The summed E-state index contributed by atoms with van der Waals surface area (Å²) in [6.07, 6.45) is 6.68. The second-order valence-corrected chi connectivity index (χ2v) is 7.61. The number of benzene rings is 3. The predicted octanol–water partition coefficient (Wildman–Crippen LogP) is 7.80. The molecule has 0 spiro atoms. The number of oxazole rings is 1. The van der Waals surface area contributed by atoms with E-state index in [-0.39, 0.29) is 0 Å². The van der Waals surface area contributed by atoms with E-state index < -0.39 is 0 Å². The van der Waals surface area contributed by atoms with Crippen molar-refractivity contribution >= 4 is 5.57 Å². The quantitative estimate of drug-likeness (QED) is 0.356. The van der Waals surface area contributed by atoms with Gasteiger partial charge in [0.05, 0.1) is 0 Å². The number of allylic oxidation sites excluding steroid dienone is 4. The third-order valence-corrected chi connectivity index (χ3v) is 5.59. The van der Waals surface area contributed by atoms with E-state index in [4.69, 9.17) is 9.40 Å². The molecule has 1 aromatic heterocycles. The summed E-state index contributed by atoms with van der Waals surface area (Å²) >= 11 is 0. The Kier molecular flexibility index (Phi) is 4.90. The van der Waals surface area contributed by atoms with Gasteiger partial charge in [0.15, 0.2) is 5.76 Å². The Morgan fingerprint density at radius 3 is 2.07 bits per heavy atom. The van der Waals surface area contributed by atoms with Crippen molar-refractivity contribution in [2.75, 3.05) is 0 Å². The fourth-order valence-corrected chi connectivity index (χ4v) is 4.01. The normalized spacial score (nSPS) is 13.6. The maximum atomic E-state index is 6.45. The van der Waals surface area contributed by atoms with Crippen LogP contribution in [0.3, 0.4) is 0 Å². The Bertz CT molecular complexity index is 1170. The Labute approximate surface area is 177 Å². The van der Waals surface area contributed by atoms with E-state index in [9.17, 15) is 0 Å². The van der Waals surface area contributed by atoms with E-state index >= 15 is 0 Å². The van der Waals surface area contributed by atoms with Gasteiger partial charge >= 0.3 is 0 Å². The lowest BCUT2D eigenvalue weighted by molar-refractivity contribution is 0.589. The zero-order chi connectivity index (χ0) is 20.3. The molecule has 1 aliphatic rings. The van der Waals surface area contributed by atoms with Crippen LogP contribution in [0.2, 0.25) is 0 Å². The van der Waals surface area contributed by atoms with Crippen LogP contribution in [0.25, 0.3) is 39.6 Å². The molecular formula is C28H23NO.